The van der Waals surface area contributed by atoms with Crippen LogP contribution in [0.5, 0.6) is 0 Å². The van der Waals surface area contributed by atoms with Crippen LogP contribution in [0.25, 0.3) is 0 Å². The van der Waals surface area contributed by atoms with Gasteiger partial charge in [0.05, 0.1) is 6.54 Å². The smallest absolute Gasteiger partial charge is 0.304 e. The van der Waals surface area contributed by atoms with E-state index >= 15 is 0 Å². The number of hydrogen-bond acceptors (Lipinski definition) is 5. The molecule has 0 fully saturated rings. The van der Waals surface area contributed by atoms with Crippen LogP contribution < -0.4 is 15.5 Å². The third-order valence-electron chi connectivity index (χ3n) is 2.49. The summed E-state index contributed by atoms with van der Waals surface area (Å²) in [6.45, 7) is 2.69. The number of aromatic amines is 1. The quantitative estimate of drug-likeness (QED) is 0.767. The first-order valence-electron chi connectivity index (χ1n) is 6.10. The normalized spacial score (nSPS) is 10.6. The van der Waals surface area contributed by atoms with E-state index in [2.05, 4.69) is 20.6 Å². The molecule has 0 saturated carbocycles. The van der Waals surface area contributed by atoms with Gasteiger partial charge in [-0.1, -0.05) is 18.3 Å². The molecule has 0 atom stereocenters. The zero-order valence-electron chi connectivity index (χ0n) is 10.8. The zero-order valence-corrected chi connectivity index (χ0v) is 11.6. The van der Waals surface area contributed by atoms with Crippen molar-refractivity contribution in [2.24, 2.45) is 0 Å². The number of halogens is 2. The van der Waals surface area contributed by atoms with Gasteiger partial charge in [-0.15, -0.1) is 0 Å². The molecule has 2 heterocycles. The molecule has 2 aromatic heterocycles. The molecule has 0 spiro atoms. The first-order valence-corrected chi connectivity index (χ1v) is 6.98. The van der Waals surface area contributed by atoms with E-state index in [1.807, 2.05) is 6.92 Å². The molecule has 8 heteroatoms. The van der Waals surface area contributed by atoms with E-state index in [9.17, 15) is 13.6 Å². The van der Waals surface area contributed by atoms with Gasteiger partial charge in [0.15, 0.2) is 23.3 Å². The summed E-state index contributed by atoms with van der Waals surface area (Å²) >= 11 is 1.02. The number of nitrogens with zero attached hydrogens (tertiary/aromatic N) is 1. The molecule has 108 valence electrons. The van der Waals surface area contributed by atoms with Gasteiger partial charge >= 0.3 is 4.87 Å². The van der Waals surface area contributed by atoms with Crippen LogP contribution in [0, 0.1) is 11.6 Å². The van der Waals surface area contributed by atoms with Crippen LogP contribution in [0.15, 0.2) is 16.2 Å². The lowest BCUT2D eigenvalue weighted by Crippen LogP contribution is -2.10. The third-order valence-corrected chi connectivity index (χ3v) is 3.21. The number of aromatic nitrogens is 2. The fourth-order valence-electron chi connectivity index (χ4n) is 1.54. The molecule has 2 aromatic rings. The highest BCUT2D eigenvalue weighted by Crippen LogP contribution is 2.19. The van der Waals surface area contributed by atoms with Gasteiger partial charge in [0.2, 0.25) is 0 Å². The van der Waals surface area contributed by atoms with Gasteiger partial charge in [-0.2, -0.15) is 0 Å². The fraction of sp³-hybridized carbons (Fsp3) is 0.333. The van der Waals surface area contributed by atoms with Crippen molar-refractivity contribution in [3.05, 3.63) is 38.4 Å². The Balaban J connectivity index is 2.11. The van der Waals surface area contributed by atoms with E-state index in [0.717, 1.165) is 23.8 Å². The minimum atomic E-state index is -0.776. The maximum absolute atomic E-state index is 13.6. The van der Waals surface area contributed by atoms with E-state index in [1.54, 1.807) is 5.38 Å². The van der Waals surface area contributed by atoms with Crippen molar-refractivity contribution in [3.63, 3.8) is 0 Å². The summed E-state index contributed by atoms with van der Waals surface area (Å²) in [4.78, 5) is 17.2. The number of anilines is 2. The van der Waals surface area contributed by atoms with Crippen LogP contribution >= 0.6 is 11.3 Å². The van der Waals surface area contributed by atoms with Crippen LogP contribution in [0.1, 0.15) is 19.0 Å². The average Bonchev–Trinajstić information content (AvgIpc) is 2.82. The summed E-state index contributed by atoms with van der Waals surface area (Å²) in [7, 11) is 0. The van der Waals surface area contributed by atoms with Crippen molar-refractivity contribution in [2.75, 3.05) is 17.2 Å². The highest BCUT2D eigenvalue weighted by Gasteiger charge is 2.11. The Morgan fingerprint density at radius 3 is 2.60 bits per heavy atom. The molecule has 0 unspecified atom stereocenters. The van der Waals surface area contributed by atoms with Crippen molar-refractivity contribution >= 4 is 23.0 Å². The summed E-state index contributed by atoms with van der Waals surface area (Å²) in [6.07, 6.45) is 0.803. The Labute approximate surface area is 118 Å². The maximum atomic E-state index is 13.6. The van der Waals surface area contributed by atoms with Crippen LogP contribution in [-0.4, -0.2) is 16.5 Å². The summed E-state index contributed by atoms with van der Waals surface area (Å²) in [6, 6.07) is 0.781. The lowest BCUT2D eigenvalue weighted by Gasteiger charge is -2.10. The van der Waals surface area contributed by atoms with Crippen molar-refractivity contribution < 1.29 is 8.78 Å². The van der Waals surface area contributed by atoms with Gasteiger partial charge in [0.1, 0.15) is 0 Å². The summed E-state index contributed by atoms with van der Waals surface area (Å²) in [5, 5.41) is 7.15. The Morgan fingerprint density at radius 1 is 1.30 bits per heavy atom. The second kappa shape index (κ2) is 6.47. The molecule has 0 bridgehead atoms. The number of nitrogens with one attached hydrogen (secondary N) is 3. The second-order valence-corrected chi connectivity index (χ2v) is 4.95. The fourth-order valence-corrected chi connectivity index (χ4v) is 2.12. The van der Waals surface area contributed by atoms with Crippen molar-refractivity contribution in [3.8, 4) is 0 Å². The Bertz CT molecular complexity index is 641. The largest absolute Gasteiger partial charge is 0.368 e. The molecule has 0 aromatic carbocycles. The van der Waals surface area contributed by atoms with Crippen molar-refractivity contribution in [1.82, 2.24) is 9.97 Å². The van der Waals surface area contributed by atoms with Crippen LogP contribution in [0.4, 0.5) is 20.4 Å². The topological polar surface area (TPSA) is 69.8 Å². The van der Waals surface area contributed by atoms with E-state index in [-0.39, 0.29) is 23.1 Å². The predicted molar refractivity (Wildman–Crippen MR) is 75.2 cm³/mol. The molecule has 5 nitrogen and oxygen atoms in total. The number of pyridine rings is 1. The molecule has 0 aliphatic carbocycles. The molecule has 3 N–H and O–H groups in total. The van der Waals surface area contributed by atoms with E-state index in [1.165, 1.54) is 0 Å². The molecule has 2 rings (SSSR count). The number of rotatable bonds is 6. The van der Waals surface area contributed by atoms with Gasteiger partial charge < -0.3 is 15.6 Å². The minimum absolute atomic E-state index is 0.00885. The summed E-state index contributed by atoms with van der Waals surface area (Å²) in [5.41, 5.74) is 0.619. The first-order chi connectivity index (χ1) is 9.60. The highest BCUT2D eigenvalue weighted by molar-refractivity contribution is 7.07. The minimum Gasteiger partial charge on any atom is -0.368 e. The van der Waals surface area contributed by atoms with Crippen LogP contribution in [-0.2, 0) is 6.54 Å². The van der Waals surface area contributed by atoms with E-state index < -0.39 is 11.6 Å². The maximum Gasteiger partial charge on any atom is 0.304 e. The lowest BCUT2D eigenvalue weighted by molar-refractivity contribution is 0.577. The molecule has 0 radical (unpaired) electrons. The monoisotopic (exact) mass is 300 g/mol. The molecule has 0 amide bonds. The average molecular weight is 300 g/mol. The Morgan fingerprint density at radius 2 is 2.00 bits per heavy atom. The highest BCUT2D eigenvalue weighted by atomic mass is 32.1. The first kappa shape index (κ1) is 14.4. The van der Waals surface area contributed by atoms with Gasteiger partial charge in [0.25, 0.3) is 0 Å². The molecular weight excluding hydrogens is 286 g/mol. The molecular formula is C12H14F2N4OS. The summed E-state index contributed by atoms with van der Waals surface area (Å²) < 4.78 is 27.1. The number of thiazole rings is 1. The SMILES string of the molecule is CCCNc1nc(NCc2csc(=O)[nH]2)c(F)cc1F. The second-order valence-electron chi connectivity index (χ2n) is 4.10. The summed E-state index contributed by atoms with van der Waals surface area (Å²) in [5.74, 6) is -1.56. The van der Waals surface area contributed by atoms with Crippen molar-refractivity contribution in [2.45, 2.75) is 19.9 Å². The standard InChI is InChI=1S/C12H14F2N4OS/c1-2-3-15-10-8(13)4-9(14)11(18-10)16-5-7-6-20-12(19)17-7/h4,6H,2-3,5H2,1H3,(H,17,19)(H2,15,16,18). The van der Waals surface area contributed by atoms with Crippen molar-refractivity contribution in [1.29, 1.82) is 0 Å². The zero-order chi connectivity index (χ0) is 14.5. The molecule has 20 heavy (non-hydrogen) atoms. The molecule has 0 aliphatic heterocycles. The Hall–Kier alpha value is -1.96. The molecule has 0 aliphatic rings. The van der Waals surface area contributed by atoms with E-state index in [0.29, 0.717) is 12.2 Å². The van der Waals surface area contributed by atoms with Crippen LogP contribution in [0.3, 0.4) is 0 Å². The third kappa shape index (κ3) is 3.53. The number of H-pyrrole nitrogens is 1. The predicted octanol–water partition coefficient (Wildman–Crippen LogP) is 2.54. The van der Waals surface area contributed by atoms with Gasteiger partial charge in [-0.05, 0) is 6.42 Å². The van der Waals surface area contributed by atoms with E-state index in [4.69, 9.17) is 0 Å². The Kier molecular flexibility index (Phi) is 4.67. The van der Waals surface area contributed by atoms with Gasteiger partial charge in [0, 0.05) is 23.7 Å². The lowest BCUT2D eigenvalue weighted by atomic mass is 10.3. The number of hydrogen-bond donors (Lipinski definition) is 3. The van der Waals surface area contributed by atoms with Gasteiger partial charge in [-0.3, -0.25) is 4.79 Å². The van der Waals surface area contributed by atoms with Gasteiger partial charge in [-0.25, -0.2) is 13.8 Å². The molecule has 0 saturated heterocycles. The van der Waals surface area contributed by atoms with Crippen LogP contribution in [0.2, 0.25) is 0 Å².